The van der Waals surface area contributed by atoms with Crippen LogP contribution in [-0.4, -0.2) is 51.5 Å². The lowest BCUT2D eigenvalue weighted by molar-refractivity contribution is 0.0568. The van der Waals surface area contributed by atoms with Crippen molar-refractivity contribution in [2.75, 3.05) is 33.4 Å². The number of ether oxygens (including phenoxy) is 1. The lowest BCUT2D eigenvalue weighted by Crippen LogP contribution is -2.33. The number of aromatic nitrogens is 2. The second-order valence-corrected chi connectivity index (χ2v) is 7.10. The number of nitrogens with zero attached hydrogens (tertiary/aromatic N) is 2. The molecule has 0 aromatic carbocycles. The summed E-state index contributed by atoms with van der Waals surface area (Å²) in [5, 5.41) is 7.14. The molecule has 21 heavy (non-hydrogen) atoms. The molecule has 1 aromatic heterocycles. The molecular weight excluding hydrogens is 292 g/mol. The number of aryl methyl sites for hydroxylation is 1. The van der Waals surface area contributed by atoms with E-state index in [0.29, 0.717) is 19.7 Å². The van der Waals surface area contributed by atoms with Gasteiger partial charge in [0, 0.05) is 25.9 Å². The molecule has 1 aliphatic heterocycles. The van der Waals surface area contributed by atoms with Gasteiger partial charge in [-0.05, 0) is 38.8 Å². The van der Waals surface area contributed by atoms with E-state index >= 15 is 0 Å². The van der Waals surface area contributed by atoms with Gasteiger partial charge in [0.15, 0.2) is 0 Å². The summed E-state index contributed by atoms with van der Waals surface area (Å²) in [6.07, 6.45) is 5.89. The van der Waals surface area contributed by atoms with Crippen LogP contribution in [0.1, 0.15) is 19.3 Å². The van der Waals surface area contributed by atoms with Crippen molar-refractivity contribution in [3.8, 4) is 0 Å². The highest BCUT2D eigenvalue weighted by molar-refractivity contribution is 7.89. The molecule has 0 bridgehead atoms. The standard InChI is InChI=1S/C13H24N4O3S/c1-14-5-3-6-17-10-13(9-15-17)21(18,19)16-8-12-4-2-7-20-11-12/h9-10,12,14,16H,2-8,11H2,1H3. The van der Waals surface area contributed by atoms with Crippen LogP contribution in [0.4, 0.5) is 0 Å². The van der Waals surface area contributed by atoms with Gasteiger partial charge in [-0.2, -0.15) is 5.10 Å². The first-order valence-corrected chi connectivity index (χ1v) is 8.84. The summed E-state index contributed by atoms with van der Waals surface area (Å²) in [7, 11) is -1.59. The van der Waals surface area contributed by atoms with E-state index in [1.165, 1.54) is 6.20 Å². The van der Waals surface area contributed by atoms with Crippen LogP contribution >= 0.6 is 0 Å². The molecule has 1 saturated heterocycles. The molecule has 1 aliphatic rings. The average Bonchev–Trinajstić information content (AvgIpc) is 2.96. The summed E-state index contributed by atoms with van der Waals surface area (Å²) in [5.74, 6) is 0.263. The van der Waals surface area contributed by atoms with Crippen molar-refractivity contribution in [1.29, 1.82) is 0 Å². The Hall–Kier alpha value is -0.960. The van der Waals surface area contributed by atoms with Gasteiger partial charge in [0.05, 0.1) is 12.8 Å². The van der Waals surface area contributed by atoms with Gasteiger partial charge in [-0.15, -0.1) is 0 Å². The van der Waals surface area contributed by atoms with Crippen molar-refractivity contribution in [2.24, 2.45) is 5.92 Å². The van der Waals surface area contributed by atoms with E-state index in [4.69, 9.17) is 4.74 Å². The Kier molecular flexibility index (Phi) is 6.16. The Morgan fingerprint density at radius 3 is 3.10 bits per heavy atom. The molecule has 0 radical (unpaired) electrons. The molecule has 1 fully saturated rings. The molecule has 8 heteroatoms. The fraction of sp³-hybridized carbons (Fsp3) is 0.769. The Labute approximate surface area is 126 Å². The highest BCUT2D eigenvalue weighted by Gasteiger charge is 2.20. The van der Waals surface area contributed by atoms with E-state index in [1.54, 1.807) is 10.9 Å². The lowest BCUT2D eigenvalue weighted by Gasteiger charge is -2.21. The maximum Gasteiger partial charge on any atom is 0.243 e. The third-order valence-electron chi connectivity index (χ3n) is 3.55. The van der Waals surface area contributed by atoms with E-state index in [1.807, 2.05) is 7.05 Å². The van der Waals surface area contributed by atoms with Crippen molar-refractivity contribution in [1.82, 2.24) is 19.8 Å². The Balaban J connectivity index is 1.86. The summed E-state index contributed by atoms with van der Waals surface area (Å²) in [6.45, 7) is 3.41. The second-order valence-electron chi connectivity index (χ2n) is 5.33. The molecule has 1 aromatic rings. The first-order chi connectivity index (χ1) is 10.1. The quantitative estimate of drug-likeness (QED) is 0.669. The Morgan fingerprint density at radius 2 is 2.38 bits per heavy atom. The van der Waals surface area contributed by atoms with Crippen molar-refractivity contribution >= 4 is 10.0 Å². The molecule has 0 aliphatic carbocycles. The molecule has 120 valence electrons. The summed E-state index contributed by atoms with van der Waals surface area (Å²) < 4.78 is 34.1. The minimum Gasteiger partial charge on any atom is -0.381 e. The maximum atomic E-state index is 12.2. The molecular formula is C13H24N4O3S. The number of sulfonamides is 1. The van der Waals surface area contributed by atoms with E-state index < -0.39 is 10.0 Å². The van der Waals surface area contributed by atoms with Crippen LogP contribution in [0.2, 0.25) is 0 Å². The Morgan fingerprint density at radius 1 is 1.52 bits per heavy atom. The molecule has 7 nitrogen and oxygen atoms in total. The normalized spacial score (nSPS) is 19.8. The molecule has 1 atom stereocenters. The lowest BCUT2D eigenvalue weighted by atomic mass is 10.0. The van der Waals surface area contributed by atoms with Crippen LogP contribution in [0.5, 0.6) is 0 Å². The van der Waals surface area contributed by atoms with Gasteiger partial charge < -0.3 is 10.1 Å². The highest BCUT2D eigenvalue weighted by Crippen LogP contribution is 2.14. The van der Waals surface area contributed by atoms with E-state index in [-0.39, 0.29) is 10.8 Å². The second kappa shape index (κ2) is 7.88. The minimum absolute atomic E-state index is 0.226. The zero-order valence-electron chi connectivity index (χ0n) is 12.4. The van der Waals surface area contributed by atoms with Gasteiger partial charge in [0.25, 0.3) is 0 Å². The molecule has 2 heterocycles. The van der Waals surface area contributed by atoms with Crippen LogP contribution in [0.15, 0.2) is 17.3 Å². The van der Waals surface area contributed by atoms with Gasteiger partial charge in [0.1, 0.15) is 4.90 Å². The van der Waals surface area contributed by atoms with Crippen molar-refractivity contribution in [3.05, 3.63) is 12.4 Å². The SMILES string of the molecule is CNCCCn1cc(S(=O)(=O)NCC2CCCOC2)cn1. The van der Waals surface area contributed by atoms with Gasteiger partial charge >= 0.3 is 0 Å². The zero-order chi connectivity index (χ0) is 15.1. The fourth-order valence-electron chi connectivity index (χ4n) is 2.30. The van der Waals surface area contributed by atoms with Gasteiger partial charge in [-0.1, -0.05) is 0 Å². The number of rotatable bonds is 8. The third kappa shape index (κ3) is 5.06. The molecule has 2 rings (SSSR count). The number of hydrogen-bond donors (Lipinski definition) is 2. The minimum atomic E-state index is -3.47. The third-order valence-corrected chi connectivity index (χ3v) is 4.93. The summed E-state index contributed by atoms with van der Waals surface area (Å²) in [6, 6.07) is 0. The van der Waals surface area contributed by atoms with Gasteiger partial charge in [0.2, 0.25) is 10.0 Å². The molecule has 0 spiro atoms. The average molecular weight is 316 g/mol. The van der Waals surface area contributed by atoms with Crippen molar-refractivity contribution < 1.29 is 13.2 Å². The maximum absolute atomic E-state index is 12.2. The topological polar surface area (TPSA) is 85.2 Å². The fourth-order valence-corrected chi connectivity index (χ4v) is 3.37. The van der Waals surface area contributed by atoms with E-state index in [9.17, 15) is 8.42 Å². The van der Waals surface area contributed by atoms with Crippen LogP contribution in [0.25, 0.3) is 0 Å². The van der Waals surface area contributed by atoms with Crippen LogP contribution in [0, 0.1) is 5.92 Å². The highest BCUT2D eigenvalue weighted by atomic mass is 32.2. The summed E-state index contributed by atoms with van der Waals surface area (Å²) in [4.78, 5) is 0.226. The van der Waals surface area contributed by atoms with E-state index in [2.05, 4.69) is 15.1 Å². The first kappa shape index (κ1) is 16.4. The van der Waals surface area contributed by atoms with Gasteiger partial charge in [-0.3, -0.25) is 4.68 Å². The van der Waals surface area contributed by atoms with E-state index in [0.717, 1.165) is 32.4 Å². The summed E-state index contributed by atoms with van der Waals surface area (Å²) in [5.41, 5.74) is 0. The summed E-state index contributed by atoms with van der Waals surface area (Å²) >= 11 is 0. The largest absolute Gasteiger partial charge is 0.381 e. The zero-order valence-corrected chi connectivity index (χ0v) is 13.2. The van der Waals surface area contributed by atoms with Crippen molar-refractivity contribution in [2.45, 2.75) is 30.7 Å². The van der Waals surface area contributed by atoms with Crippen LogP contribution in [-0.2, 0) is 21.3 Å². The molecule has 1 unspecified atom stereocenters. The number of hydrogen-bond acceptors (Lipinski definition) is 5. The number of nitrogens with one attached hydrogen (secondary N) is 2. The predicted octanol–water partition coefficient (Wildman–Crippen LogP) is 0.198. The molecule has 0 amide bonds. The Bertz CT molecular complexity index is 523. The van der Waals surface area contributed by atoms with Crippen LogP contribution < -0.4 is 10.0 Å². The van der Waals surface area contributed by atoms with Crippen molar-refractivity contribution in [3.63, 3.8) is 0 Å². The van der Waals surface area contributed by atoms with Crippen LogP contribution in [0.3, 0.4) is 0 Å². The monoisotopic (exact) mass is 316 g/mol. The smallest absolute Gasteiger partial charge is 0.243 e. The molecule has 0 saturated carbocycles. The molecule has 2 N–H and O–H groups in total. The predicted molar refractivity (Wildman–Crippen MR) is 79.5 cm³/mol. The first-order valence-electron chi connectivity index (χ1n) is 7.36. The van der Waals surface area contributed by atoms with Gasteiger partial charge in [-0.25, -0.2) is 13.1 Å².